The van der Waals surface area contributed by atoms with E-state index in [0.29, 0.717) is 5.69 Å². The molecular weight excluding hydrogens is 230 g/mol. The maximum absolute atomic E-state index is 5.84. The van der Waals surface area contributed by atoms with E-state index >= 15 is 0 Å². The van der Waals surface area contributed by atoms with Crippen molar-refractivity contribution in [1.82, 2.24) is 4.98 Å². The third-order valence-corrected chi connectivity index (χ3v) is 3.48. The molecule has 0 radical (unpaired) electrons. The van der Waals surface area contributed by atoms with Crippen molar-refractivity contribution in [2.45, 2.75) is 0 Å². The molecule has 84 valence electrons. The van der Waals surface area contributed by atoms with E-state index < -0.39 is 0 Å². The van der Waals surface area contributed by atoms with Gasteiger partial charge in [0.1, 0.15) is 0 Å². The minimum absolute atomic E-state index is 0.651. The van der Waals surface area contributed by atoms with E-state index in [9.17, 15) is 0 Å². The summed E-state index contributed by atoms with van der Waals surface area (Å²) >= 11 is 1.74. The first-order valence-electron chi connectivity index (χ1n) is 5.27. The molecule has 4 heteroatoms. The predicted molar refractivity (Wildman–Crippen MR) is 73.8 cm³/mol. The SMILES string of the molecule is Nc1cnccc1Nc1ccc2sccc2c1. The number of nitrogen functional groups attached to an aromatic ring is 1. The Hall–Kier alpha value is -2.07. The van der Waals surface area contributed by atoms with Gasteiger partial charge in [-0.15, -0.1) is 11.3 Å². The van der Waals surface area contributed by atoms with Crippen molar-refractivity contribution in [2.75, 3.05) is 11.1 Å². The number of nitrogens with two attached hydrogens (primary N) is 1. The van der Waals surface area contributed by atoms with Crippen LogP contribution in [0.2, 0.25) is 0 Å². The number of hydrogen-bond donors (Lipinski definition) is 2. The third kappa shape index (κ3) is 1.94. The lowest BCUT2D eigenvalue weighted by atomic mass is 10.2. The zero-order valence-electron chi connectivity index (χ0n) is 9.05. The van der Waals surface area contributed by atoms with Crippen LogP contribution in [-0.2, 0) is 0 Å². The first kappa shape index (κ1) is 10.1. The number of fused-ring (bicyclic) bond motifs is 1. The van der Waals surface area contributed by atoms with Crippen molar-refractivity contribution in [3.8, 4) is 0 Å². The van der Waals surface area contributed by atoms with Gasteiger partial charge in [-0.25, -0.2) is 0 Å². The summed E-state index contributed by atoms with van der Waals surface area (Å²) in [6.07, 6.45) is 3.37. The van der Waals surface area contributed by atoms with Crippen LogP contribution in [0.25, 0.3) is 10.1 Å². The molecular formula is C13H11N3S. The van der Waals surface area contributed by atoms with Gasteiger partial charge in [0.05, 0.1) is 17.6 Å². The minimum Gasteiger partial charge on any atom is -0.396 e. The summed E-state index contributed by atoms with van der Waals surface area (Å²) in [5, 5.41) is 6.63. The van der Waals surface area contributed by atoms with Crippen LogP contribution in [0.4, 0.5) is 17.1 Å². The van der Waals surface area contributed by atoms with Crippen molar-refractivity contribution in [2.24, 2.45) is 0 Å². The maximum Gasteiger partial charge on any atom is 0.0739 e. The standard InChI is InChI=1S/C13H11N3S/c14-11-8-15-5-3-12(11)16-10-1-2-13-9(7-10)4-6-17-13/h1-8H,14H2,(H,15,16). The smallest absolute Gasteiger partial charge is 0.0739 e. The highest BCUT2D eigenvalue weighted by molar-refractivity contribution is 7.17. The number of benzene rings is 1. The van der Waals surface area contributed by atoms with Gasteiger partial charge in [-0.05, 0) is 41.1 Å². The fraction of sp³-hybridized carbons (Fsp3) is 0. The van der Waals surface area contributed by atoms with Crippen molar-refractivity contribution in [3.63, 3.8) is 0 Å². The largest absolute Gasteiger partial charge is 0.396 e. The number of thiophene rings is 1. The number of hydrogen-bond acceptors (Lipinski definition) is 4. The molecule has 0 amide bonds. The number of aromatic nitrogens is 1. The average Bonchev–Trinajstić information content (AvgIpc) is 2.79. The van der Waals surface area contributed by atoms with Crippen molar-refractivity contribution in [3.05, 3.63) is 48.1 Å². The molecule has 0 saturated heterocycles. The van der Waals surface area contributed by atoms with Gasteiger partial charge < -0.3 is 11.1 Å². The van der Waals surface area contributed by atoms with Gasteiger partial charge in [0.15, 0.2) is 0 Å². The number of rotatable bonds is 2. The summed E-state index contributed by atoms with van der Waals surface area (Å²) in [6.45, 7) is 0. The van der Waals surface area contributed by atoms with Gasteiger partial charge >= 0.3 is 0 Å². The summed E-state index contributed by atoms with van der Waals surface area (Å²) in [5.41, 5.74) is 8.41. The van der Waals surface area contributed by atoms with Crippen LogP contribution in [0.3, 0.4) is 0 Å². The molecule has 0 aliphatic rings. The summed E-state index contributed by atoms with van der Waals surface area (Å²) in [6, 6.07) is 10.3. The lowest BCUT2D eigenvalue weighted by Gasteiger charge is -2.08. The van der Waals surface area contributed by atoms with Crippen molar-refractivity contribution < 1.29 is 0 Å². The molecule has 0 aliphatic carbocycles. The number of anilines is 3. The second kappa shape index (κ2) is 4.07. The molecule has 2 heterocycles. The number of nitrogens with zero attached hydrogens (tertiary/aromatic N) is 1. The molecule has 0 unspecified atom stereocenters. The molecule has 1 aromatic carbocycles. The zero-order valence-corrected chi connectivity index (χ0v) is 9.87. The van der Waals surface area contributed by atoms with Crippen LogP contribution < -0.4 is 11.1 Å². The van der Waals surface area contributed by atoms with Gasteiger partial charge in [-0.3, -0.25) is 4.98 Å². The van der Waals surface area contributed by atoms with Gasteiger partial charge in [-0.2, -0.15) is 0 Å². The number of pyridine rings is 1. The van der Waals surface area contributed by atoms with Crippen molar-refractivity contribution >= 4 is 38.5 Å². The minimum atomic E-state index is 0.651. The Labute approximate surface area is 103 Å². The monoisotopic (exact) mass is 241 g/mol. The van der Waals surface area contributed by atoms with Crippen LogP contribution in [0.15, 0.2) is 48.1 Å². The van der Waals surface area contributed by atoms with Gasteiger partial charge in [-0.1, -0.05) is 0 Å². The second-order valence-electron chi connectivity index (χ2n) is 3.76. The molecule has 0 fully saturated rings. The lowest BCUT2D eigenvalue weighted by Crippen LogP contribution is -1.96. The Kier molecular flexibility index (Phi) is 2.42. The maximum atomic E-state index is 5.84. The highest BCUT2D eigenvalue weighted by Gasteiger charge is 2.00. The summed E-state index contributed by atoms with van der Waals surface area (Å²) < 4.78 is 1.29. The summed E-state index contributed by atoms with van der Waals surface area (Å²) in [4.78, 5) is 3.96. The Morgan fingerprint density at radius 3 is 3.00 bits per heavy atom. The molecule has 2 aromatic heterocycles. The van der Waals surface area contributed by atoms with E-state index in [4.69, 9.17) is 5.73 Å². The molecule has 0 aliphatic heterocycles. The molecule has 3 N–H and O–H groups in total. The topological polar surface area (TPSA) is 50.9 Å². The zero-order chi connectivity index (χ0) is 11.7. The molecule has 0 saturated carbocycles. The Morgan fingerprint density at radius 2 is 2.12 bits per heavy atom. The van der Waals surface area contributed by atoms with E-state index in [2.05, 4.69) is 39.9 Å². The van der Waals surface area contributed by atoms with Crippen LogP contribution in [0.5, 0.6) is 0 Å². The summed E-state index contributed by atoms with van der Waals surface area (Å²) in [5.74, 6) is 0. The van der Waals surface area contributed by atoms with Crippen molar-refractivity contribution in [1.29, 1.82) is 0 Å². The van der Waals surface area contributed by atoms with Crippen LogP contribution in [0.1, 0.15) is 0 Å². The molecule has 3 aromatic rings. The molecule has 17 heavy (non-hydrogen) atoms. The van der Waals surface area contributed by atoms with Crippen LogP contribution >= 0.6 is 11.3 Å². The molecule has 3 rings (SSSR count). The second-order valence-corrected chi connectivity index (χ2v) is 4.71. The molecule has 3 nitrogen and oxygen atoms in total. The fourth-order valence-electron chi connectivity index (χ4n) is 1.72. The first-order chi connectivity index (χ1) is 8.33. The molecule has 0 spiro atoms. The highest BCUT2D eigenvalue weighted by atomic mass is 32.1. The van der Waals surface area contributed by atoms with E-state index in [1.807, 2.05) is 6.07 Å². The van der Waals surface area contributed by atoms with E-state index in [0.717, 1.165) is 11.4 Å². The van der Waals surface area contributed by atoms with Crippen LogP contribution in [0, 0.1) is 0 Å². The Morgan fingerprint density at radius 1 is 1.18 bits per heavy atom. The van der Waals surface area contributed by atoms with Gasteiger partial charge in [0.2, 0.25) is 0 Å². The van der Waals surface area contributed by atoms with E-state index in [1.54, 1.807) is 23.7 Å². The Balaban J connectivity index is 1.97. The van der Waals surface area contributed by atoms with E-state index in [-0.39, 0.29) is 0 Å². The van der Waals surface area contributed by atoms with Gasteiger partial charge in [0.25, 0.3) is 0 Å². The fourth-order valence-corrected chi connectivity index (χ4v) is 2.49. The Bertz CT molecular complexity index is 660. The highest BCUT2D eigenvalue weighted by Crippen LogP contribution is 2.27. The van der Waals surface area contributed by atoms with E-state index in [1.165, 1.54) is 10.1 Å². The average molecular weight is 241 g/mol. The number of nitrogens with one attached hydrogen (secondary N) is 1. The normalized spacial score (nSPS) is 10.6. The van der Waals surface area contributed by atoms with Crippen LogP contribution in [-0.4, -0.2) is 4.98 Å². The first-order valence-corrected chi connectivity index (χ1v) is 6.15. The summed E-state index contributed by atoms with van der Waals surface area (Å²) in [7, 11) is 0. The predicted octanol–water partition coefficient (Wildman–Crippen LogP) is 3.62. The third-order valence-electron chi connectivity index (χ3n) is 2.58. The molecule has 0 atom stereocenters. The quantitative estimate of drug-likeness (QED) is 0.720. The molecule has 0 bridgehead atoms. The lowest BCUT2D eigenvalue weighted by molar-refractivity contribution is 1.33. The van der Waals surface area contributed by atoms with Gasteiger partial charge in [0, 0.05) is 16.6 Å².